The zero-order chi connectivity index (χ0) is 19.3. The number of ether oxygens (including phenoxy) is 1. The van der Waals surface area contributed by atoms with Crippen molar-refractivity contribution in [2.75, 3.05) is 0 Å². The van der Waals surface area contributed by atoms with Gasteiger partial charge in [0.05, 0.1) is 11.7 Å². The molecule has 3 N–H and O–H groups in total. The van der Waals surface area contributed by atoms with Gasteiger partial charge in [-0.05, 0) is 63.1 Å². The first-order chi connectivity index (χ1) is 12.9. The van der Waals surface area contributed by atoms with Crippen LogP contribution in [0.3, 0.4) is 0 Å². The second-order valence-electron chi connectivity index (χ2n) is 8.93. The molecule has 27 heavy (non-hydrogen) atoms. The zero-order valence-corrected chi connectivity index (χ0v) is 17.2. The van der Waals surface area contributed by atoms with E-state index in [0.29, 0.717) is 23.8 Å². The van der Waals surface area contributed by atoms with Crippen LogP contribution in [-0.2, 0) is 4.74 Å². The second kappa shape index (κ2) is 9.35. The maximum absolute atomic E-state index is 10.3. The fourth-order valence-corrected chi connectivity index (χ4v) is 4.58. The summed E-state index contributed by atoms with van der Waals surface area (Å²) < 4.78 is 6.59. The summed E-state index contributed by atoms with van der Waals surface area (Å²) in [5.74, 6) is 1.55. The predicted molar refractivity (Wildman–Crippen MR) is 110 cm³/mol. The molecule has 1 aliphatic heterocycles. The molecule has 2 saturated carbocycles. The van der Waals surface area contributed by atoms with Crippen molar-refractivity contribution in [3.8, 4) is 0 Å². The number of nitrogens with one attached hydrogen (secondary N) is 2. The van der Waals surface area contributed by atoms with Gasteiger partial charge in [-0.15, -0.1) is 0 Å². The first kappa shape index (κ1) is 20.6. The van der Waals surface area contributed by atoms with Crippen molar-refractivity contribution in [1.82, 2.24) is 10.6 Å². The van der Waals surface area contributed by atoms with E-state index < -0.39 is 6.35 Å². The number of aliphatic hydroxyl groups is 1. The molecular formula is C22H37N3O2. The summed E-state index contributed by atoms with van der Waals surface area (Å²) in [7, 11) is 0. The number of hydrogen-bond acceptors (Lipinski definition) is 4. The van der Waals surface area contributed by atoms with E-state index in [1.807, 2.05) is 12.3 Å². The van der Waals surface area contributed by atoms with Crippen molar-refractivity contribution in [2.45, 2.75) is 96.2 Å². The summed E-state index contributed by atoms with van der Waals surface area (Å²) in [6, 6.07) is 0.280. The van der Waals surface area contributed by atoms with Gasteiger partial charge in [-0.2, -0.15) is 0 Å². The molecule has 2 aliphatic carbocycles. The van der Waals surface area contributed by atoms with E-state index in [-0.39, 0.29) is 11.6 Å². The maximum Gasteiger partial charge on any atom is 0.204 e. The molecule has 5 heteroatoms. The van der Waals surface area contributed by atoms with Crippen LogP contribution >= 0.6 is 0 Å². The summed E-state index contributed by atoms with van der Waals surface area (Å²) in [5.41, 5.74) is 0.0745. The minimum atomic E-state index is -0.885. The largest absolute Gasteiger partial charge is 0.372 e. The summed E-state index contributed by atoms with van der Waals surface area (Å²) in [6.07, 6.45) is 16.8. The van der Waals surface area contributed by atoms with Crippen molar-refractivity contribution >= 4 is 5.84 Å². The van der Waals surface area contributed by atoms with E-state index in [0.717, 1.165) is 19.3 Å². The molecule has 152 valence electrons. The molecule has 3 rings (SSSR count). The van der Waals surface area contributed by atoms with Gasteiger partial charge in [-0.25, -0.2) is 4.99 Å². The monoisotopic (exact) mass is 375 g/mol. The summed E-state index contributed by atoms with van der Waals surface area (Å²) >= 11 is 0. The number of nitrogens with zero attached hydrogens (tertiary/aromatic N) is 1. The lowest BCUT2D eigenvalue weighted by Crippen LogP contribution is -2.46. The molecule has 5 nitrogen and oxygen atoms in total. The number of rotatable bonds is 5. The van der Waals surface area contributed by atoms with Gasteiger partial charge in [0.1, 0.15) is 5.84 Å². The Morgan fingerprint density at radius 3 is 2.74 bits per heavy atom. The lowest BCUT2D eigenvalue weighted by molar-refractivity contribution is -0.133. The highest BCUT2D eigenvalue weighted by Gasteiger charge is 2.36. The van der Waals surface area contributed by atoms with Crippen LogP contribution in [0.4, 0.5) is 0 Å². The Balaban J connectivity index is 1.47. The van der Waals surface area contributed by atoms with Gasteiger partial charge in [0.25, 0.3) is 0 Å². The van der Waals surface area contributed by atoms with E-state index in [9.17, 15) is 5.11 Å². The molecule has 3 aliphatic rings. The normalized spacial score (nSPS) is 36.2. The first-order valence-corrected chi connectivity index (χ1v) is 10.7. The molecule has 0 aromatic rings. The van der Waals surface area contributed by atoms with Crippen LogP contribution < -0.4 is 10.6 Å². The van der Waals surface area contributed by atoms with Gasteiger partial charge in [-0.1, -0.05) is 45.3 Å². The summed E-state index contributed by atoms with van der Waals surface area (Å²) in [4.78, 5) is 4.35. The van der Waals surface area contributed by atoms with Crippen LogP contribution in [0.15, 0.2) is 29.4 Å². The van der Waals surface area contributed by atoms with Gasteiger partial charge in [0.2, 0.25) is 6.35 Å². The van der Waals surface area contributed by atoms with E-state index in [1.54, 1.807) is 0 Å². The number of aliphatic hydroxyl groups excluding tert-OH is 1. The van der Waals surface area contributed by atoms with Crippen molar-refractivity contribution in [3.05, 3.63) is 24.4 Å². The van der Waals surface area contributed by atoms with Gasteiger partial charge >= 0.3 is 0 Å². The molecule has 2 fully saturated rings. The number of aliphatic imine (C=N–C) groups is 1. The minimum absolute atomic E-state index is 0.0745. The maximum atomic E-state index is 10.3. The van der Waals surface area contributed by atoms with Crippen molar-refractivity contribution in [3.63, 3.8) is 0 Å². The third kappa shape index (κ3) is 6.16. The van der Waals surface area contributed by atoms with Crippen molar-refractivity contribution in [1.29, 1.82) is 0 Å². The molecule has 0 radical (unpaired) electrons. The van der Waals surface area contributed by atoms with Crippen LogP contribution in [0.1, 0.15) is 72.1 Å². The highest BCUT2D eigenvalue weighted by Crippen LogP contribution is 2.37. The Morgan fingerprint density at radius 2 is 2.00 bits per heavy atom. The molecule has 2 unspecified atom stereocenters. The molecule has 0 bridgehead atoms. The lowest BCUT2D eigenvalue weighted by Gasteiger charge is -2.42. The Hall–Kier alpha value is -1.17. The first-order valence-electron chi connectivity index (χ1n) is 10.7. The molecular weight excluding hydrogens is 338 g/mol. The SMILES string of the molecule is CC1C=CNC(=N[C@H](O)N[C@@H]2CCC(OC3(C)CCCCC3)[C@H](C)C2)C=C1. The quantitative estimate of drug-likeness (QED) is 0.639. The molecule has 0 saturated heterocycles. The minimum Gasteiger partial charge on any atom is -0.372 e. The smallest absolute Gasteiger partial charge is 0.204 e. The van der Waals surface area contributed by atoms with Crippen LogP contribution in [0.2, 0.25) is 0 Å². The topological polar surface area (TPSA) is 65.9 Å². The Kier molecular flexibility index (Phi) is 7.12. The summed E-state index contributed by atoms with van der Waals surface area (Å²) in [5, 5.41) is 16.7. The van der Waals surface area contributed by atoms with Gasteiger partial charge in [-0.3, -0.25) is 5.32 Å². The lowest BCUT2D eigenvalue weighted by atomic mass is 9.82. The third-order valence-electron chi connectivity index (χ3n) is 6.27. The molecule has 1 heterocycles. The van der Waals surface area contributed by atoms with E-state index in [4.69, 9.17) is 4.74 Å². The standard InChI is InChI=1S/C22H37N3O2/c1-16-7-10-20(23-14-11-16)25-21(26)24-18-8-9-19(17(2)15-18)27-22(3)12-5-4-6-13-22/h7,10-11,14,16-19,21,24,26H,4-6,8-9,12-13,15H2,1-3H3,(H,23,25)/t16?,17-,18-,19?,21-/m1/s1. The molecule has 0 aromatic heterocycles. The van der Waals surface area contributed by atoms with Crippen LogP contribution in [0, 0.1) is 11.8 Å². The molecule has 5 atom stereocenters. The average molecular weight is 376 g/mol. The number of allylic oxidation sites excluding steroid dienone is 2. The fourth-order valence-electron chi connectivity index (χ4n) is 4.58. The molecule has 0 aromatic carbocycles. The highest BCUT2D eigenvalue weighted by atomic mass is 16.5. The Labute approximate surface area is 164 Å². The van der Waals surface area contributed by atoms with Crippen molar-refractivity contribution in [2.24, 2.45) is 16.8 Å². The predicted octanol–water partition coefficient (Wildman–Crippen LogP) is 3.86. The van der Waals surface area contributed by atoms with E-state index >= 15 is 0 Å². The van der Waals surface area contributed by atoms with Crippen LogP contribution in [-0.4, -0.2) is 35.0 Å². The van der Waals surface area contributed by atoms with Gasteiger partial charge in [0.15, 0.2) is 0 Å². The van der Waals surface area contributed by atoms with E-state index in [1.165, 1.54) is 32.1 Å². The zero-order valence-electron chi connectivity index (χ0n) is 17.2. The highest BCUT2D eigenvalue weighted by molar-refractivity contribution is 5.94. The van der Waals surface area contributed by atoms with E-state index in [2.05, 4.69) is 48.5 Å². The van der Waals surface area contributed by atoms with Gasteiger partial charge < -0.3 is 15.2 Å². The average Bonchev–Trinajstić information content (AvgIpc) is 2.82. The molecule has 0 spiro atoms. The fraction of sp³-hybridized carbons (Fsp3) is 0.773. The third-order valence-corrected chi connectivity index (χ3v) is 6.27. The van der Waals surface area contributed by atoms with Gasteiger partial charge in [0, 0.05) is 6.04 Å². The second-order valence-corrected chi connectivity index (χ2v) is 8.93. The Bertz CT molecular complexity index is 566. The summed E-state index contributed by atoms with van der Waals surface area (Å²) in [6.45, 7) is 6.69. The molecule has 0 amide bonds. The van der Waals surface area contributed by atoms with Crippen LogP contribution in [0.5, 0.6) is 0 Å². The van der Waals surface area contributed by atoms with Crippen LogP contribution in [0.25, 0.3) is 0 Å². The number of amidine groups is 1. The number of hydrogen-bond donors (Lipinski definition) is 3. The Morgan fingerprint density at radius 1 is 1.22 bits per heavy atom. The van der Waals surface area contributed by atoms with Crippen molar-refractivity contribution < 1.29 is 9.84 Å².